The molecule has 0 bridgehead atoms. The Morgan fingerprint density at radius 2 is 2.21 bits per heavy atom. The molecule has 106 valence electrons. The molecular formula is C13H20F2N4. The SMILES string of the molecule is FC(F)n1ccnc1CNCC1CCN(C2CC2)C1. The molecule has 1 aliphatic carbocycles. The third kappa shape index (κ3) is 3.12. The second-order valence-electron chi connectivity index (χ2n) is 5.54. The molecular weight excluding hydrogens is 250 g/mol. The monoisotopic (exact) mass is 270 g/mol. The van der Waals surface area contributed by atoms with Crippen LogP contribution in [0.25, 0.3) is 0 Å². The van der Waals surface area contributed by atoms with E-state index < -0.39 is 6.55 Å². The van der Waals surface area contributed by atoms with Crippen LogP contribution >= 0.6 is 0 Å². The van der Waals surface area contributed by atoms with E-state index in [2.05, 4.69) is 15.2 Å². The fourth-order valence-electron chi connectivity index (χ4n) is 2.85. The predicted molar refractivity (Wildman–Crippen MR) is 67.9 cm³/mol. The molecule has 6 heteroatoms. The molecule has 19 heavy (non-hydrogen) atoms. The lowest BCUT2D eigenvalue weighted by Gasteiger charge is -2.15. The number of aromatic nitrogens is 2. The van der Waals surface area contributed by atoms with E-state index in [1.165, 1.54) is 38.2 Å². The number of likely N-dealkylation sites (tertiary alicyclic amines) is 1. The van der Waals surface area contributed by atoms with Gasteiger partial charge in [0.05, 0.1) is 6.54 Å². The van der Waals surface area contributed by atoms with Crippen LogP contribution < -0.4 is 5.32 Å². The molecule has 1 saturated carbocycles. The Morgan fingerprint density at radius 1 is 1.37 bits per heavy atom. The molecule has 0 aromatic carbocycles. The molecule has 1 saturated heterocycles. The average Bonchev–Trinajstić information content (AvgIpc) is 2.95. The fraction of sp³-hybridized carbons (Fsp3) is 0.769. The maximum atomic E-state index is 12.6. The summed E-state index contributed by atoms with van der Waals surface area (Å²) in [5, 5.41) is 3.26. The van der Waals surface area contributed by atoms with Gasteiger partial charge in [-0.3, -0.25) is 4.57 Å². The van der Waals surface area contributed by atoms with E-state index >= 15 is 0 Å². The molecule has 1 unspecified atom stereocenters. The van der Waals surface area contributed by atoms with Crippen LogP contribution in [-0.2, 0) is 6.54 Å². The van der Waals surface area contributed by atoms with Crippen molar-refractivity contribution in [1.82, 2.24) is 19.8 Å². The number of hydrogen-bond acceptors (Lipinski definition) is 3. The molecule has 0 amide bonds. The Hall–Kier alpha value is -1.01. The highest BCUT2D eigenvalue weighted by Gasteiger charge is 2.34. The van der Waals surface area contributed by atoms with Crippen LogP contribution in [0.2, 0.25) is 0 Å². The molecule has 1 atom stereocenters. The first-order chi connectivity index (χ1) is 9.24. The van der Waals surface area contributed by atoms with Gasteiger partial charge in [0.25, 0.3) is 0 Å². The largest absolute Gasteiger partial charge is 0.319 e. The summed E-state index contributed by atoms with van der Waals surface area (Å²) in [5.41, 5.74) is 0. The average molecular weight is 270 g/mol. The number of halogens is 2. The van der Waals surface area contributed by atoms with Crippen LogP contribution in [0, 0.1) is 5.92 Å². The van der Waals surface area contributed by atoms with E-state index in [4.69, 9.17) is 0 Å². The molecule has 4 nitrogen and oxygen atoms in total. The van der Waals surface area contributed by atoms with Crippen molar-refractivity contribution in [3.8, 4) is 0 Å². The molecule has 1 aliphatic heterocycles. The number of hydrogen-bond donors (Lipinski definition) is 1. The van der Waals surface area contributed by atoms with Crippen molar-refractivity contribution in [3.05, 3.63) is 18.2 Å². The van der Waals surface area contributed by atoms with E-state index in [0.29, 0.717) is 18.3 Å². The molecule has 2 heterocycles. The number of alkyl halides is 2. The summed E-state index contributed by atoms with van der Waals surface area (Å²) in [6.45, 7) is 1.15. The van der Waals surface area contributed by atoms with E-state index in [-0.39, 0.29) is 0 Å². The molecule has 2 fully saturated rings. The van der Waals surface area contributed by atoms with Gasteiger partial charge in [-0.15, -0.1) is 0 Å². The number of nitrogens with one attached hydrogen (secondary N) is 1. The summed E-state index contributed by atoms with van der Waals surface area (Å²) in [7, 11) is 0. The Labute approximate surface area is 111 Å². The zero-order valence-corrected chi connectivity index (χ0v) is 10.9. The fourth-order valence-corrected chi connectivity index (χ4v) is 2.85. The third-order valence-electron chi connectivity index (χ3n) is 4.06. The Balaban J connectivity index is 1.42. The van der Waals surface area contributed by atoms with Gasteiger partial charge >= 0.3 is 6.55 Å². The van der Waals surface area contributed by atoms with Crippen LogP contribution in [0.5, 0.6) is 0 Å². The van der Waals surface area contributed by atoms with Crippen molar-refractivity contribution in [1.29, 1.82) is 0 Å². The highest BCUT2D eigenvalue weighted by Crippen LogP contribution is 2.31. The van der Waals surface area contributed by atoms with Crippen LogP contribution in [-0.4, -0.2) is 40.1 Å². The summed E-state index contributed by atoms with van der Waals surface area (Å²) in [4.78, 5) is 6.53. The van der Waals surface area contributed by atoms with Crippen molar-refractivity contribution < 1.29 is 8.78 Å². The lowest BCUT2D eigenvalue weighted by atomic mass is 10.1. The van der Waals surface area contributed by atoms with Gasteiger partial charge in [0.2, 0.25) is 0 Å². The van der Waals surface area contributed by atoms with Gasteiger partial charge in [-0.1, -0.05) is 0 Å². The zero-order chi connectivity index (χ0) is 13.2. The normalized spacial score (nSPS) is 24.5. The minimum atomic E-state index is -2.50. The lowest BCUT2D eigenvalue weighted by molar-refractivity contribution is 0.0666. The smallest absolute Gasteiger partial charge is 0.310 e. The lowest BCUT2D eigenvalue weighted by Crippen LogP contribution is -2.28. The van der Waals surface area contributed by atoms with Gasteiger partial charge in [0, 0.05) is 25.0 Å². The van der Waals surface area contributed by atoms with E-state index in [1.807, 2.05) is 0 Å². The van der Waals surface area contributed by atoms with Gasteiger partial charge in [0.15, 0.2) is 0 Å². The first kappa shape index (κ1) is 13.0. The standard InChI is InChI=1S/C13H20F2N4/c14-13(15)19-6-4-17-12(19)8-16-7-10-3-5-18(9-10)11-1-2-11/h4,6,10-11,13,16H,1-3,5,7-9H2. The van der Waals surface area contributed by atoms with Crippen molar-refractivity contribution in [2.24, 2.45) is 5.92 Å². The van der Waals surface area contributed by atoms with E-state index in [9.17, 15) is 8.78 Å². The Kier molecular flexibility index (Phi) is 3.79. The first-order valence-electron chi connectivity index (χ1n) is 6.98. The number of nitrogens with zero attached hydrogens (tertiary/aromatic N) is 3. The summed E-state index contributed by atoms with van der Waals surface area (Å²) in [5.74, 6) is 1.06. The van der Waals surface area contributed by atoms with Crippen LogP contribution in [0.1, 0.15) is 31.6 Å². The quantitative estimate of drug-likeness (QED) is 0.856. The molecule has 1 aromatic heterocycles. The zero-order valence-electron chi connectivity index (χ0n) is 10.9. The molecule has 3 rings (SSSR count). The van der Waals surface area contributed by atoms with Crippen LogP contribution in [0.3, 0.4) is 0 Å². The highest BCUT2D eigenvalue weighted by atomic mass is 19.3. The summed E-state index contributed by atoms with van der Waals surface area (Å²) in [6, 6.07) is 0.836. The predicted octanol–water partition coefficient (Wildman–Crippen LogP) is 1.85. The second kappa shape index (κ2) is 5.54. The third-order valence-corrected chi connectivity index (χ3v) is 4.06. The van der Waals surface area contributed by atoms with E-state index in [1.54, 1.807) is 0 Å². The van der Waals surface area contributed by atoms with Crippen molar-refractivity contribution >= 4 is 0 Å². The molecule has 2 aliphatic rings. The number of rotatable bonds is 6. The summed E-state index contributed by atoms with van der Waals surface area (Å²) >= 11 is 0. The summed E-state index contributed by atoms with van der Waals surface area (Å²) < 4.78 is 26.2. The van der Waals surface area contributed by atoms with Gasteiger partial charge < -0.3 is 10.2 Å². The van der Waals surface area contributed by atoms with Gasteiger partial charge in [-0.25, -0.2) is 4.98 Å². The second-order valence-corrected chi connectivity index (χ2v) is 5.54. The molecule has 1 N–H and O–H groups in total. The molecule has 0 spiro atoms. The Bertz CT molecular complexity index is 417. The highest BCUT2D eigenvalue weighted by molar-refractivity contribution is 4.93. The van der Waals surface area contributed by atoms with Crippen molar-refractivity contribution in [2.45, 2.75) is 38.4 Å². The maximum absolute atomic E-state index is 12.6. The molecule has 1 aromatic rings. The first-order valence-corrected chi connectivity index (χ1v) is 6.98. The van der Waals surface area contributed by atoms with Gasteiger partial charge in [0.1, 0.15) is 5.82 Å². The Morgan fingerprint density at radius 3 is 2.95 bits per heavy atom. The van der Waals surface area contributed by atoms with Gasteiger partial charge in [-0.2, -0.15) is 8.78 Å². The van der Waals surface area contributed by atoms with Crippen LogP contribution in [0.4, 0.5) is 8.78 Å². The topological polar surface area (TPSA) is 33.1 Å². The molecule has 0 radical (unpaired) electrons. The van der Waals surface area contributed by atoms with E-state index in [0.717, 1.165) is 23.7 Å². The number of imidazole rings is 1. The summed E-state index contributed by atoms with van der Waals surface area (Å²) in [6.07, 6.45) is 6.67. The van der Waals surface area contributed by atoms with Crippen LogP contribution in [0.15, 0.2) is 12.4 Å². The minimum absolute atomic E-state index is 0.409. The maximum Gasteiger partial charge on any atom is 0.319 e. The minimum Gasteiger partial charge on any atom is -0.310 e. The van der Waals surface area contributed by atoms with Crippen molar-refractivity contribution in [3.63, 3.8) is 0 Å². The van der Waals surface area contributed by atoms with Gasteiger partial charge in [-0.05, 0) is 38.3 Å². The van der Waals surface area contributed by atoms with Crippen molar-refractivity contribution in [2.75, 3.05) is 19.6 Å².